The first-order valence-electron chi connectivity index (χ1n) is 4.63. The van der Waals surface area contributed by atoms with Gasteiger partial charge in [0, 0.05) is 9.77 Å². The first-order chi connectivity index (χ1) is 7.56. The minimum absolute atomic E-state index is 0.00560. The molecule has 0 aliphatic carbocycles. The van der Waals surface area contributed by atoms with Crippen LogP contribution in [-0.2, 0) is 16.0 Å². The molecule has 1 heterocycles. The zero-order valence-electron chi connectivity index (χ0n) is 8.54. The third-order valence-electron chi connectivity index (χ3n) is 1.84. The number of carbonyl (C=O) groups excluding carboxylic acids is 1. The highest BCUT2D eigenvalue weighted by atomic mass is 127. The van der Waals surface area contributed by atoms with Crippen molar-refractivity contribution < 1.29 is 18.3 Å². The lowest BCUT2D eigenvalue weighted by atomic mass is 10.1. The van der Waals surface area contributed by atoms with E-state index in [9.17, 15) is 13.6 Å². The quantitative estimate of drug-likeness (QED) is 0.625. The summed E-state index contributed by atoms with van der Waals surface area (Å²) in [6, 6.07) is 1.55. The molecule has 0 unspecified atom stereocenters. The van der Waals surface area contributed by atoms with Crippen LogP contribution in [0, 0.1) is 3.57 Å². The first kappa shape index (κ1) is 13.3. The Morgan fingerprint density at radius 2 is 2.31 bits per heavy atom. The van der Waals surface area contributed by atoms with Crippen molar-refractivity contribution in [3.8, 4) is 0 Å². The van der Waals surface area contributed by atoms with Gasteiger partial charge >= 0.3 is 5.97 Å². The van der Waals surface area contributed by atoms with E-state index in [-0.39, 0.29) is 18.7 Å². The Kier molecular flexibility index (Phi) is 5.04. The highest BCUT2D eigenvalue weighted by molar-refractivity contribution is 14.1. The third kappa shape index (κ3) is 3.36. The summed E-state index contributed by atoms with van der Waals surface area (Å²) in [5, 5.41) is 0. The Bertz CT molecular complexity index is 385. The van der Waals surface area contributed by atoms with Gasteiger partial charge < -0.3 is 4.74 Å². The van der Waals surface area contributed by atoms with Gasteiger partial charge in [-0.25, -0.2) is 8.78 Å². The van der Waals surface area contributed by atoms with Crippen LogP contribution in [0.2, 0.25) is 0 Å². The lowest BCUT2D eigenvalue weighted by Crippen LogP contribution is -2.10. The maximum atomic E-state index is 12.5. The van der Waals surface area contributed by atoms with Crippen molar-refractivity contribution in [2.24, 2.45) is 0 Å². The number of carbonyl (C=O) groups is 1. The summed E-state index contributed by atoms with van der Waals surface area (Å²) >= 11 is 1.77. The second-order valence-corrected chi connectivity index (χ2v) is 4.03. The summed E-state index contributed by atoms with van der Waals surface area (Å²) in [6.45, 7) is 1.97. The van der Waals surface area contributed by atoms with E-state index < -0.39 is 12.4 Å². The van der Waals surface area contributed by atoms with E-state index in [1.54, 1.807) is 35.6 Å². The van der Waals surface area contributed by atoms with Gasteiger partial charge in [-0.05, 0) is 41.1 Å². The minimum Gasteiger partial charge on any atom is -0.466 e. The summed E-state index contributed by atoms with van der Waals surface area (Å²) in [7, 11) is 0. The topological polar surface area (TPSA) is 39.2 Å². The van der Waals surface area contributed by atoms with Crippen molar-refractivity contribution in [3.05, 3.63) is 27.1 Å². The molecular weight excluding hydrogens is 331 g/mol. The summed E-state index contributed by atoms with van der Waals surface area (Å²) in [5.74, 6) is -0.424. The zero-order chi connectivity index (χ0) is 12.1. The molecule has 0 fully saturated rings. The molecule has 1 aromatic rings. The lowest BCUT2D eigenvalue weighted by molar-refractivity contribution is -0.142. The van der Waals surface area contributed by atoms with Crippen LogP contribution in [0.25, 0.3) is 0 Å². The van der Waals surface area contributed by atoms with E-state index >= 15 is 0 Å². The average Bonchev–Trinajstić information content (AvgIpc) is 2.21. The van der Waals surface area contributed by atoms with Gasteiger partial charge in [0.05, 0.1) is 13.0 Å². The zero-order valence-corrected chi connectivity index (χ0v) is 10.7. The Morgan fingerprint density at radius 1 is 1.62 bits per heavy atom. The molecule has 0 saturated carbocycles. The minimum atomic E-state index is -2.63. The van der Waals surface area contributed by atoms with Crippen LogP contribution in [0.5, 0.6) is 0 Å². The summed E-state index contributed by atoms with van der Waals surface area (Å²) in [6.07, 6.45) is -1.36. The Hall–Kier alpha value is -0.790. The van der Waals surface area contributed by atoms with Crippen LogP contribution < -0.4 is 0 Å². The molecule has 0 amide bonds. The Labute approximate surface area is 105 Å². The van der Waals surface area contributed by atoms with Gasteiger partial charge in [-0.3, -0.25) is 9.78 Å². The van der Waals surface area contributed by atoms with E-state index in [0.29, 0.717) is 9.13 Å². The molecule has 0 atom stereocenters. The maximum absolute atomic E-state index is 12.5. The SMILES string of the molecule is CCOC(=O)Cc1ccnc(C(F)F)c1I. The molecule has 0 aliphatic rings. The van der Waals surface area contributed by atoms with Crippen molar-refractivity contribution in [3.63, 3.8) is 0 Å². The van der Waals surface area contributed by atoms with Crippen molar-refractivity contribution in [1.29, 1.82) is 0 Å². The fourth-order valence-electron chi connectivity index (χ4n) is 1.16. The number of rotatable bonds is 4. The standard InChI is InChI=1S/C10H10F2INO2/c1-2-16-7(15)5-6-3-4-14-9(8(6)13)10(11)12/h3-4,10H,2,5H2,1H3. The van der Waals surface area contributed by atoms with Crippen molar-refractivity contribution in [2.75, 3.05) is 6.61 Å². The fourth-order valence-corrected chi connectivity index (χ4v) is 1.90. The molecule has 3 nitrogen and oxygen atoms in total. The predicted molar refractivity (Wildman–Crippen MR) is 62.2 cm³/mol. The molecule has 0 bridgehead atoms. The molecule has 1 rings (SSSR count). The smallest absolute Gasteiger partial charge is 0.310 e. The van der Waals surface area contributed by atoms with Crippen LogP contribution in [0.1, 0.15) is 24.6 Å². The fraction of sp³-hybridized carbons (Fsp3) is 0.400. The van der Waals surface area contributed by atoms with Crippen molar-refractivity contribution in [2.45, 2.75) is 19.8 Å². The van der Waals surface area contributed by atoms with Crippen molar-refractivity contribution >= 4 is 28.6 Å². The molecule has 0 radical (unpaired) electrons. The van der Waals surface area contributed by atoms with Crippen LogP contribution in [0.15, 0.2) is 12.3 Å². The second kappa shape index (κ2) is 6.07. The number of ether oxygens (including phenoxy) is 1. The van der Waals surface area contributed by atoms with Crippen molar-refractivity contribution in [1.82, 2.24) is 4.98 Å². The number of alkyl halides is 2. The normalized spacial score (nSPS) is 10.6. The molecule has 0 aliphatic heterocycles. The van der Waals surface area contributed by atoms with Gasteiger partial charge in [-0.15, -0.1) is 0 Å². The number of pyridine rings is 1. The van der Waals surface area contributed by atoms with Crippen LogP contribution in [0.3, 0.4) is 0 Å². The highest BCUT2D eigenvalue weighted by Crippen LogP contribution is 2.25. The monoisotopic (exact) mass is 341 g/mol. The highest BCUT2D eigenvalue weighted by Gasteiger charge is 2.17. The number of nitrogens with zero attached hydrogens (tertiary/aromatic N) is 1. The van der Waals surface area contributed by atoms with E-state index in [1.165, 1.54) is 6.20 Å². The number of halogens is 3. The van der Waals surface area contributed by atoms with E-state index in [1.807, 2.05) is 0 Å². The van der Waals surface area contributed by atoms with E-state index in [2.05, 4.69) is 4.98 Å². The molecule has 6 heteroatoms. The molecule has 1 aromatic heterocycles. The predicted octanol–water partition coefficient (Wildman–Crippen LogP) is 2.73. The Balaban J connectivity index is 2.89. The van der Waals surface area contributed by atoms with Gasteiger partial charge in [0.25, 0.3) is 6.43 Å². The average molecular weight is 341 g/mol. The van der Waals surface area contributed by atoms with Gasteiger partial charge in [0.2, 0.25) is 0 Å². The maximum Gasteiger partial charge on any atom is 0.310 e. The second-order valence-electron chi connectivity index (χ2n) is 2.95. The van der Waals surface area contributed by atoms with Crippen LogP contribution >= 0.6 is 22.6 Å². The van der Waals surface area contributed by atoms with E-state index in [0.717, 1.165) is 0 Å². The van der Waals surface area contributed by atoms with Gasteiger partial charge in [-0.2, -0.15) is 0 Å². The molecule has 16 heavy (non-hydrogen) atoms. The third-order valence-corrected chi connectivity index (χ3v) is 3.09. The number of hydrogen-bond acceptors (Lipinski definition) is 3. The number of hydrogen-bond donors (Lipinski definition) is 0. The molecule has 0 N–H and O–H groups in total. The molecule has 0 spiro atoms. The summed E-state index contributed by atoms with van der Waals surface area (Å²) in [5.41, 5.74) is 0.228. The molecule has 0 aromatic carbocycles. The summed E-state index contributed by atoms with van der Waals surface area (Å²) < 4.78 is 30.1. The first-order valence-corrected chi connectivity index (χ1v) is 5.71. The molecule has 0 saturated heterocycles. The number of esters is 1. The van der Waals surface area contributed by atoms with Gasteiger partial charge in [0.1, 0.15) is 5.69 Å². The lowest BCUT2D eigenvalue weighted by Gasteiger charge is -2.07. The van der Waals surface area contributed by atoms with E-state index in [4.69, 9.17) is 4.74 Å². The van der Waals surface area contributed by atoms with Gasteiger partial charge in [-0.1, -0.05) is 0 Å². The van der Waals surface area contributed by atoms with Gasteiger partial charge in [0.15, 0.2) is 0 Å². The summed E-state index contributed by atoms with van der Waals surface area (Å²) in [4.78, 5) is 14.8. The largest absolute Gasteiger partial charge is 0.466 e. The number of aromatic nitrogens is 1. The Morgan fingerprint density at radius 3 is 2.88 bits per heavy atom. The molecule has 88 valence electrons. The van der Waals surface area contributed by atoms with Crippen LogP contribution in [-0.4, -0.2) is 17.6 Å². The van der Waals surface area contributed by atoms with Crippen LogP contribution in [0.4, 0.5) is 8.78 Å². The molecular formula is C10H10F2INO2.